The molecule has 6 heteroatoms. The number of hydrogen-bond donors (Lipinski definition) is 1. The Balaban J connectivity index is 1.39. The number of halogens is 2. The second-order valence-corrected chi connectivity index (χ2v) is 6.90. The van der Waals surface area contributed by atoms with Gasteiger partial charge in [0.25, 0.3) is 0 Å². The van der Waals surface area contributed by atoms with Crippen LogP contribution in [-0.4, -0.2) is 48.6 Å². The highest BCUT2D eigenvalue weighted by atomic mass is 35.5. The molecule has 0 saturated carbocycles. The van der Waals surface area contributed by atoms with Crippen molar-refractivity contribution in [3.63, 3.8) is 0 Å². The molecule has 138 valence electrons. The van der Waals surface area contributed by atoms with Gasteiger partial charge in [0.15, 0.2) is 0 Å². The molecule has 1 aliphatic heterocycles. The standard InChI is InChI=1S/C20H23ClFN3O/c21-18-7-5-16(6-8-18)9-10-23-20(26)25-13-11-24(12-14-25)15-17-3-1-2-4-19(17)22/h1-8H,9-15H2,(H,23,26). The van der Waals surface area contributed by atoms with E-state index in [0.717, 1.165) is 25.1 Å². The summed E-state index contributed by atoms with van der Waals surface area (Å²) in [4.78, 5) is 16.3. The van der Waals surface area contributed by atoms with Crippen LogP contribution in [0.5, 0.6) is 0 Å². The molecule has 0 atom stereocenters. The molecule has 4 nitrogen and oxygen atoms in total. The van der Waals surface area contributed by atoms with Crippen LogP contribution in [0.2, 0.25) is 5.02 Å². The summed E-state index contributed by atoms with van der Waals surface area (Å²) in [5.74, 6) is -0.171. The number of urea groups is 1. The van der Waals surface area contributed by atoms with Crippen LogP contribution in [0.25, 0.3) is 0 Å². The van der Waals surface area contributed by atoms with Crippen LogP contribution in [0.15, 0.2) is 48.5 Å². The highest BCUT2D eigenvalue weighted by Crippen LogP contribution is 2.12. The molecule has 3 rings (SSSR count). The molecule has 1 N–H and O–H groups in total. The van der Waals surface area contributed by atoms with E-state index < -0.39 is 0 Å². The first-order valence-corrected chi connectivity index (χ1v) is 9.22. The molecule has 1 saturated heterocycles. The second-order valence-electron chi connectivity index (χ2n) is 6.46. The molecular formula is C20H23ClFN3O. The van der Waals surface area contributed by atoms with E-state index in [9.17, 15) is 9.18 Å². The van der Waals surface area contributed by atoms with Gasteiger partial charge in [0.05, 0.1) is 0 Å². The monoisotopic (exact) mass is 375 g/mol. The van der Waals surface area contributed by atoms with Crippen LogP contribution in [0, 0.1) is 5.82 Å². The van der Waals surface area contributed by atoms with Crippen LogP contribution in [0.3, 0.4) is 0 Å². The topological polar surface area (TPSA) is 35.6 Å². The number of hydrogen-bond acceptors (Lipinski definition) is 2. The molecule has 26 heavy (non-hydrogen) atoms. The summed E-state index contributed by atoms with van der Waals surface area (Å²) in [5.41, 5.74) is 1.85. The lowest BCUT2D eigenvalue weighted by Gasteiger charge is -2.34. The van der Waals surface area contributed by atoms with Gasteiger partial charge in [0.1, 0.15) is 5.82 Å². The SMILES string of the molecule is O=C(NCCc1ccc(Cl)cc1)N1CCN(Cc2ccccc2F)CC1. The van der Waals surface area contributed by atoms with E-state index in [-0.39, 0.29) is 11.8 Å². The molecule has 0 aromatic heterocycles. The molecule has 0 aliphatic carbocycles. The Labute approximate surface area is 158 Å². The van der Waals surface area contributed by atoms with E-state index in [4.69, 9.17) is 11.6 Å². The van der Waals surface area contributed by atoms with E-state index in [2.05, 4.69) is 10.2 Å². The minimum atomic E-state index is -0.171. The lowest BCUT2D eigenvalue weighted by atomic mass is 10.1. The number of amides is 2. The van der Waals surface area contributed by atoms with Gasteiger partial charge in [0.2, 0.25) is 0 Å². The van der Waals surface area contributed by atoms with Gasteiger partial charge in [-0.15, -0.1) is 0 Å². The van der Waals surface area contributed by atoms with Crippen molar-refractivity contribution in [1.82, 2.24) is 15.1 Å². The summed E-state index contributed by atoms with van der Waals surface area (Å²) < 4.78 is 13.7. The van der Waals surface area contributed by atoms with Crippen molar-refractivity contribution in [1.29, 1.82) is 0 Å². The Bertz CT molecular complexity index is 730. The van der Waals surface area contributed by atoms with Gasteiger partial charge in [-0.05, 0) is 30.2 Å². The van der Waals surface area contributed by atoms with Gasteiger partial charge in [-0.25, -0.2) is 9.18 Å². The molecule has 0 spiro atoms. The number of carbonyl (C=O) groups excluding carboxylic acids is 1. The number of rotatable bonds is 5. The van der Waals surface area contributed by atoms with Gasteiger partial charge in [-0.1, -0.05) is 41.9 Å². The van der Waals surface area contributed by atoms with Crippen LogP contribution >= 0.6 is 11.6 Å². The van der Waals surface area contributed by atoms with Crippen molar-refractivity contribution in [3.8, 4) is 0 Å². The molecule has 2 aromatic rings. The summed E-state index contributed by atoms with van der Waals surface area (Å²) in [7, 11) is 0. The van der Waals surface area contributed by atoms with Crippen LogP contribution in [0.1, 0.15) is 11.1 Å². The number of nitrogens with zero attached hydrogens (tertiary/aromatic N) is 2. The number of piperazine rings is 1. The Kier molecular flexibility index (Phi) is 6.47. The van der Waals surface area contributed by atoms with E-state index in [1.54, 1.807) is 6.07 Å². The third-order valence-electron chi connectivity index (χ3n) is 4.61. The maximum Gasteiger partial charge on any atom is 0.317 e. The van der Waals surface area contributed by atoms with Gasteiger partial charge in [-0.2, -0.15) is 0 Å². The Morgan fingerprint density at radius 1 is 1.04 bits per heavy atom. The fourth-order valence-corrected chi connectivity index (χ4v) is 3.18. The summed E-state index contributed by atoms with van der Waals surface area (Å²) in [6.07, 6.45) is 0.774. The fraction of sp³-hybridized carbons (Fsp3) is 0.350. The molecule has 1 heterocycles. The third kappa shape index (κ3) is 5.19. The predicted octanol–water partition coefficient (Wildman–Crippen LogP) is 3.55. The number of benzene rings is 2. The molecule has 1 fully saturated rings. The normalized spacial score (nSPS) is 15.1. The minimum Gasteiger partial charge on any atom is -0.338 e. The number of carbonyl (C=O) groups is 1. The van der Waals surface area contributed by atoms with Gasteiger partial charge in [-0.3, -0.25) is 4.90 Å². The summed E-state index contributed by atoms with van der Waals surface area (Å²) >= 11 is 5.87. The van der Waals surface area contributed by atoms with Crippen LogP contribution in [-0.2, 0) is 13.0 Å². The molecule has 2 amide bonds. The van der Waals surface area contributed by atoms with E-state index in [0.29, 0.717) is 36.8 Å². The summed E-state index contributed by atoms with van der Waals surface area (Å²) in [6.45, 7) is 3.98. The van der Waals surface area contributed by atoms with E-state index in [1.807, 2.05) is 41.3 Å². The van der Waals surface area contributed by atoms with Gasteiger partial charge in [0, 0.05) is 49.9 Å². The highest BCUT2D eigenvalue weighted by molar-refractivity contribution is 6.30. The molecule has 0 bridgehead atoms. The van der Waals surface area contributed by atoms with Crippen LogP contribution in [0.4, 0.5) is 9.18 Å². The number of nitrogens with one attached hydrogen (secondary N) is 1. The average Bonchev–Trinajstić information content (AvgIpc) is 2.66. The quantitative estimate of drug-likeness (QED) is 0.867. The zero-order chi connectivity index (χ0) is 18.4. The molecule has 1 aliphatic rings. The first-order chi connectivity index (χ1) is 12.6. The summed E-state index contributed by atoms with van der Waals surface area (Å²) in [6, 6.07) is 14.5. The highest BCUT2D eigenvalue weighted by Gasteiger charge is 2.21. The molecule has 0 unspecified atom stereocenters. The van der Waals surface area contributed by atoms with E-state index in [1.165, 1.54) is 6.07 Å². The third-order valence-corrected chi connectivity index (χ3v) is 4.87. The lowest BCUT2D eigenvalue weighted by molar-refractivity contribution is 0.134. The maximum absolute atomic E-state index is 13.7. The van der Waals surface area contributed by atoms with Crippen molar-refractivity contribution in [2.45, 2.75) is 13.0 Å². The Hall–Kier alpha value is -2.11. The molecule has 0 radical (unpaired) electrons. The molecular weight excluding hydrogens is 353 g/mol. The smallest absolute Gasteiger partial charge is 0.317 e. The maximum atomic E-state index is 13.7. The zero-order valence-corrected chi connectivity index (χ0v) is 15.4. The van der Waals surface area contributed by atoms with Crippen molar-refractivity contribution in [3.05, 3.63) is 70.5 Å². The van der Waals surface area contributed by atoms with Crippen molar-refractivity contribution >= 4 is 17.6 Å². The van der Waals surface area contributed by atoms with Gasteiger partial charge >= 0.3 is 6.03 Å². The second kappa shape index (κ2) is 9.01. The van der Waals surface area contributed by atoms with E-state index >= 15 is 0 Å². The Morgan fingerprint density at radius 3 is 2.42 bits per heavy atom. The predicted molar refractivity (Wildman–Crippen MR) is 102 cm³/mol. The van der Waals surface area contributed by atoms with Crippen molar-refractivity contribution < 1.29 is 9.18 Å². The summed E-state index contributed by atoms with van der Waals surface area (Å²) in [5, 5.41) is 3.68. The zero-order valence-electron chi connectivity index (χ0n) is 14.6. The van der Waals surface area contributed by atoms with Crippen molar-refractivity contribution in [2.24, 2.45) is 0 Å². The average molecular weight is 376 g/mol. The first-order valence-electron chi connectivity index (χ1n) is 8.85. The Morgan fingerprint density at radius 2 is 1.73 bits per heavy atom. The fourth-order valence-electron chi connectivity index (χ4n) is 3.05. The first kappa shape index (κ1) is 18.7. The lowest BCUT2D eigenvalue weighted by Crippen LogP contribution is -2.51. The van der Waals surface area contributed by atoms with Crippen molar-refractivity contribution in [2.75, 3.05) is 32.7 Å². The molecule has 2 aromatic carbocycles. The minimum absolute atomic E-state index is 0.0375. The largest absolute Gasteiger partial charge is 0.338 e. The van der Waals surface area contributed by atoms with Crippen LogP contribution < -0.4 is 5.32 Å². The van der Waals surface area contributed by atoms with Gasteiger partial charge < -0.3 is 10.2 Å².